The fourth-order valence-corrected chi connectivity index (χ4v) is 2.39. The Kier molecular flexibility index (Phi) is 5.61. The summed E-state index contributed by atoms with van der Waals surface area (Å²) < 4.78 is 24.7. The fraction of sp³-hybridized carbons (Fsp3) is 0.462. The average molecular weight is 329 g/mol. The fourth-order valence-electron chi connectivity index (χ4n) is 1.59. The third-order valence-corrected chi connectivity index (χ3v) is 4.69. The average Bonchev–Trinajstić information content (AvgIpc) is 2.43. The second kappa shape index (κ2) is 6.84. The quantitative estimate of drug-likeness (QED) is 0.768. The molecule has 0 spiro atoms. The number of carboxylic acids is 1. The molecular formula is C13H19N3O5S. The van der Waals surface area contributed by atoms with Gasteiger partial charge in [-0.2, -0.15) is 0 Å². The molecular weight excluding hydrogens is 310 g/mol. The van der Waals surface area contributed by atoms with Crippen LogP contribution in [0, 0.1) is 5.92 Å². The van der Waals surface area contributed by atoms with Gasteiger partial charge in [-0.15, -0.1) is 0 Å². The van der Waals surface area contributed by atoms with E-state index in [0.29, 0.717) is 0 Å². The van der Waals surface area contributed by atoms with Crippen LogP contribution in [0.5, 0.6) is 0 Å². The van der Waals surface area contributed by atoms with Crippen molar-refractivity contribution < 1.29 is 23.1 Å². The van der Waals surface area contributed by atoms with Crippen molar-refractivity contribution in [1.82, 2.24) is 14.6 Å². The van der Waals surface area contributed by atoms with Gasteiger partial charge >= 0.3 is 5.97 Å². The number of carboxylic acid groups (broad SMARTS) is 1. The van der Waals surface area contributed by atoms with E-state index in [0.717, 1.165) is 10.5 Å². The van der Waals surface area contributed by atoms with Crippen molar-refractivity contribution in [2.75, 3.05) is 14.1 Å². The molecule has 0 radical (unpaired) electrons. The van der Waals surface area contributed by atoms with Crippen LogP contribution in [-0.2, 0) is 14.8 Å². The van der Waals surface area contributed by atoms with Crippen molar-refractivity contribution in [2.24, 2.45) is 5.92 Å². The van der Waals surface area contributed by atoms with Crippen LogP contribution in [0.4, 0.5) is 0 Å². The van der Waals surface area contributed by atoms with Gasteiger partial charge in [0.05, 0.1) is 5.56 Å². The number of nitrogens with one attached hydrogen (secondary N) is 1. The van der Waals surface area contributed by atoms with Crippen LogP contribution in [0.3, 0.4) is 0 Å². The Morgan fingerprint density at radius 3 is 2.23 bits per heavy atom. The molecule has 0 bridgehead atoms. The smallest absolute Gasteiger partial charge is 0.326 e. The summed E-state index contributed by atoms with van der Waals surface area (Å²) in [4.78, 5) is 26.8. The van der Waals surface area contributed by atoms with Crippen molar-refractivity contribution >= 4 is 21.9 Å². The van der Waals surface area contributed by atoms with E-state index < -0.39 is 27.9 Å². The van der Waals surface area contributed by atoms with E-state index in [1.54, 1.807) is 13.8 Å². The van der Waals surface area contributed by atoms with Crippen LogP contribution in [0.1, 0.15) is 24.2 Å². The van der Waals surface area contributed by atoms with Crippen molar-refractivity contribution in [2.45, 2.75) is 24.9 Å². The van der Waals surface area contributed by atoms with E-state index in [4.69, 9.17) is 5.11 Å². The summed E-state index contributed by atoms with van der Waals surface area (Å²) in [5.74, 6) is -2.05. The molecule has 0 fully saturated rings. The number of sulfonamides is 1. The molecule has 0 saturated carbocycles. The maximum atomic E-state index is 12.0. The normalized spacial score (nSPS) is 13.2. The van der Waals surface area contributed by atoms with E-state index in [1.165, 1.54) is 26.2 Å². The lowest BCUT2D eigenvalue weighted by Crippen LogP contribution is -2.44. The molecule has 1 rings (SSSR count). The minimum Gasteiger partial charge on any atom is -0.480 e. The van der Waals surface area contributed by atoms with Crippen molar-refractivity contribution in [3.05, 3.63) is 23.9 Å². The van der Waals surface area contributed by atoms with Gasteiger partial charge in [-0.05, 0) is 18.1 Å². The maximum absolute atomic E-state index is 12.0. The van der Waals surface area contributed by atoms with Crippen LogP contribution >= 0.6 is 0 Å². The number of carbonyl (C=O) groups is 2. The number of carbonyl (C=O) groups excluding carboxylic acids is 1. The lowest BCUT2D eigenvalue weighted by atomic mass is 10.0. The summed E-state index contributed by atoms with van der Waals surface area (Å²) in [6.45, 7) is 3.34. The van der Waals surface area contributed by atoms with Gasteiger partial charge in [0.15, 0.2) is 5.03 Å². The maximum Gasteiger partial charge on any atom is 0.326 e. The Bertz CT molecular complexity index is 653. The Labute approximate surface area is 129 Å². The Morgan fingerprint density at radius 1 is 1.27 bits per heavy atom. The highest BCUT2D eigenvalue weighted by Crippen LogP contribution is 2.11. The second-order valence-corrected chi connectivity index (χ2v) is 7.30. The van der Waals surface area contributed by atoms with E-state index in [9.17, 15) is 18.0 Å². The molecule has 1 aromatic rings. The second-order valence-electron chi connectivity index (χ2n) is 5.21. The van der Waals surface area contributed by atoms with Crippen LogP contribution in [0.15, 0.2) is 23.4 Å². The summed E-state index contributed by atoms with van der Waals surface area (Å²) in [5.41, 5.74) is 0.0876. The summed E-state index contributed by atoms with van der Waals surface area (Å²) in [6, 6.07) is 1.46. The van der Waals surface area contributed by atoms with E-state index in [-0.39, 0.29) is 16.5 Å². The molecule has 0 aliphatic carbocycles. The first kappa shape index (κ1) is 18.1. The number of nitrogens with zero attached hydrogens (tertiary/aromatic N) is 2. The zero-order valence-electron chi connectivity index (χ0n) is 12.8. The molecule has 1 atom stereocenters. The number of aromatic nitrogens is 1. The number of hydrogen-bond acceptors (Lipinski definition) is 5. The first-order valence-electron chi connectivity index (χ1n) is 6.49. The lowest BCUT2D eigenvalue weighted by Gasteiger charge is -2.17. The minimum atomic E-state index is -3.67. The van der Waals surface area contributed by atoms with Crippen LogP contribution in [0.2, 0.25) is 0 Å². The topological polar surface area (TPSA) is 117 Å². The number of amides is 1. The monoisotopic (exact) mass is 329 g/mol. The lowest BCUT2D eigenvalue weighted by molar-refractivity contribution is -0.140. The van der Waals surface area contributed by atoms with Gasteiger partial charge in [0, 0.05) is 20.3 Å². The largest absolute Gasteiger partial charge is 0.480 e. The Balaban J connectivity index is 2.96. The molecule has 1 aromatic heterocycles. The molecule has 1 heterocycles. The standard InChI is InChI=1S/C13H19N3O5S/c1-8(2)11(13(18)19)15-12(17)9-5-6-10(14-7-9)22(20,21)16(3)4/h5-8,11H,1-4H3,(H,15,17)(H,18,19)/t11-/m1/s1. The van der Waals surface area contributed by atoms with Gasteiger partial charge in [0.25, 0.3) is 15.9 Å². The first-order chi connectivity index (χ1) is 10.1. The van der Waals surface area contributed by atoms with Crippen LogP contribution in [-0.4, -0.2) is 54.8 Å². The molecule has 1 amide bonds. The first-order valence-corrected chi connectivity index (χ1v) is 7.93. The van der Waals surface area contributed by atoms with Gasteiger partial charge in [-0.3, -0.25) is 4.79 Å². The third kappa shape index (κ3) is 4.01. The van der Waals surface area contributed by atoms with Gasteiger partial charge < -0.3 is 10.4 Å². The summed E-state index contributed by atoms with van der Waals surface area (Å²) in [5, 5.41) is 11.2. The molecule has 8 nitrogen and oxygen atoms in total. The Morgan fingerprint density at radius 2 is 1.86 bits per heavy atom. The van der Waals surface area contributed by atoms with Crippen LogP contribution in [0.25, 0.3) is 0 Å². The number of pyridine rings is 1. The highest BCUT2D eigenvalue weighted by molar-refractivity contribution is 7.89. The Hall–Kier alpha value is -2.00. The van der Waals surface area contributed by atoms with E-state index >= 15 is 0 Å². The molecule has 0 aromatic carbocycles. The SMILES string of the molecule is CC(C)[C@@H](NC(=O)c1ccc(S(=O)(=O)N(C)C)nc1)C(=O)O. The number of aliphatic carboxylic acids is 1. The molecule has 0 saturated heterocycles. The number of rotatable bonds is 6. The van der Waals surface area contributed by atoms with E-state index in [1.807, 2.05) is 0 Å². The molecule has 2 N–H and O–H groups in total. The number of hydrogen-bond donors (Lipinski definition) is 2. The van der Waals surface area contributed by atoms with Crippen molar-refractivity contribution in [3.63, 3.8) is 0 Å². The van der Waals surface area contributed by atoms with Gasteiger partial charge in [-0.1, -0.05) is 13.8 Å². The molecule has 22 heavy (non-hydrogen) atoms. The highest BCUT2D eigenvalue weighted by atomic mass is 32.2. The molecule has 122 valence electrons. The predicted octanol–water partition coefficient (Wildman–Crippen LogP) is 0.171. The molecule has 0 aliphatic rings. The third-order valence-electron chi connectivity index (χ3n) is 2.96. The zero-order chi connectivity index (χ0) is 17.1. The molecule has 0 aliphatic heterocycles. The minimum absolute atomic E-state index is 0.0876. The summed E-state index contributed by atoms with van der Waals surface area (Å²) in [7, 11) is -0.927. The zero-order valence-corrected chi connectivity index (χ0v) is 13.6. The van der Waals surface area contributed by atoms with E-state index in [2.05, 4.69) is 10.3 Å². The van der Waals surface area contributed by atoms with Gasteiger partial charge in [0.2, 0.25) is 0 Å². The molecule has 9 heteroatoms. The van der Waals surface area contributed by atoms with Gasteiger partial charge in [-0.25, -0.2) is 22.5 Å². The summed E-state index contributed by atoms with van der Waals surface area (Å²) in [6.07, 6.45) is 1.10. The van der Waals surface area contributed by atoms with Crippen LogP contribution < -0.4 is 5.32 Å². The predicted molar refractivity (Wildman–Crippen MR) is 78.8 cm³/mol. The van der Waals surface area contributed by atoms with Crippen molar-refractivity contribution in [1.29, 1.82) is 0 Å². The highest BCUT2D eigenvalue weighted by Gasteiger charge is 2.24. The molecule has 0 unspecified atom stereocenters. The summed E-state index contributed by atoms with van der Waals surface area (Å²) >= 11 is 0. The van der Waals surface area contributed by atoms with Crippen molar-refractivity contribution in [3.8, 4) is 0 Å². The van der Waals surface area contributed by atoms with Gasteiger partial charge in [0.1, 0.15) is 6.04 Å².